The number of piperidine rings is 1. The molecule has 0 bridgehead atoms. The summed E-state index contributed by atoms with van der Waals surface area (Å²) in [6.45, 7) is 1.96. The number of carboxylic acids is 1. The van der Waals surface area contributed by atoms with E-state index >= 15 is 0 Å². The lowest BCUT2D eigenvalue weighted by atomic mass is 9.92. The molecule has 4 nitrogen and oxygen atoms in total. The highest BCUT2D eigenvalue weighted by Gasteiger charge is 2.30. The molecular formula is C7H11NO3. The van der Waals surface area contributed by atoms with Gasteiger partial charge >= 0.3 is 5.97 Å². The van der Waals surface area contributed by atoms with Crippen molar-refractivity contribution in [2.24, 2.45) is 5.92 Å². The van der Waals surface area contributed by atoms with Crippen LogP contribution in [0.1, 0.15) is 13.3 Å². The van der Waals surface area contributed by atoms with E-state index in [0.29, 0.717) is 6.42 Å². The van der Waals surface area contributed by atoms with E-state index in [1.54, 1.807) is 6.92 Å². The maximum atomic E-state index is 10.8. The average molecular weight is 157 g/mol. The van der Waals surface area contributed by atoms with Crippen LogP contribution in [0.5, 0.6) is 0 Å². The first-order valence-corrected chi connectivity index (χ1v) is 3.59. The van der Waals surface area contributed by atoms with Crippen molar-refractivity contribution < 1.29 is 14.7 Å². The summed E-state index contributed by atoms with van der Waals surface area (Å²) in [5.41, 5.74) is 0. The van der Waals surface area contributed by atoms with Crippen molar-refractivity contribution in [1.29, 1.82) is 0 Å². The van der Waals surface area contributed by atoms with Gasteiger partial charge in [-0.15, -0.1) is 0 Å². The largest absolute Gasteiger partial charge is 0.480 e. The van der Waals surface area contributed by atoms with Crippen molar-refractivity contribution in [3.05, 3.63) is 0 Å². The van der Waals surface area contributed by atoms with Crippen LogP contribution in [0.4, 0.5) is 0 Å². The Morgan fingerprint density at radius 1 is 1.73 bits per heavy atom. The van der Waals surface area contributed by atoms with E-state index in [1.165, 1.54) is 0 Å². The summed E-state index contributed by atoms with van der Waals surface area (Å²) in [6.07, 6.45) is 0.379. The summed E-state index contributed by atoms with van der Waals surface area (Å²) in [5.74, 6) is -0.867. The Morgan fingerprint density at radius 3 is 2.82 bits per heavy atom. The minimum Gasteiger partial charge on any atom is -0.480 e. The molecule has 62 valence electrons. The molecule has 1 aliphatic rings. The van der Waals surface area contributed by atoms with Crippen LogP contribution in [0, 0.1) is 5.92 Å². The molecule has 1 aliphatic heterocycles. The molecule has 11 heavy (non-hydrogen) atoms. The predicted molar refractivity (Wildman–Crippen MR) is 38.2 cm³/mol. The fourth-order valence-corrected chi connectivity index (χ4v) is 1.30. The van der Waals surface area contributed by atoms with Crippen molar-refractivity contribution in [2.75, 3.05) is 6.54 Å². The smallest absolute Gasteiger partial charge is 0.320 e. The Hall–Kier alpha value is -0.900. The van der Waals surface area contributed by atoms with E-state index in [1.807, 2.05) is 0 Å². The topological polar surface area (TPSA) is 66.4 Å². The van der Waals surface area contributed by atoms with Crippen LogP contribution >= 0.6 is 0 Å². The van der Waals surface area contributed by atoms with Crippen molar-refractivity contribution in [3.63, 3.8) is 0 Å². The van der Waals surface area contributed by atoms with Gasteiger partial charge in [0.1, 0.15) is 11.8 Å². The number of carboxylic acid groups (broad SMARTS) is 1. The van der Waals surface area contributed by atoms with Gasteiger partial charge in [-0.2, -0.15) is 0 Å². The van der Waals surface area contributed by atoms with E-state index in [2.05, 4.69) is 5.32 Å². The Kier molecular flexibility index (Phi) is 2.24. The zero-order valence-electron chi connectivity index (χ0n) is 6.33. The van der Waals surface area contributed by atoms with Gasteiger partial charge in [-0.3, -0.25) is 14.9 Å². The summed E-state index contributed by atoms with van der Waals surface area (Å²) in [6, 6.07) is -0.548. The SMILES string of the molecule is C[C@H]1CC(=O)CN[C@@H]1C(=O)O. The molecule has 0 aliphatic carbocycles. The molecule has 1 heterocycles. The molecule has 0 amide bonds. The summed E-state index contributed by atoms with van der Waals surface area (Å²) in [4.78, 5) is 21.3. The lowest BCUT2D eigenvalue weighted by Gasteiger charge is -2.25. The fraction of sp³-hybridized carbons (Fsp3) is 0.714. The third kappa shape index (κ3) is 1.77. The van der Waals surface area contributed by atoms with Gasteiger partial charge in [-0.05, 0) is 5.92 Å². The number of nitrogens with one attached hydrogen (secondary N) is 1. The van der Waals surface area contributed by atoms with Crippen LogP contribution in [-0.2, 0) is 9.59 Å². The van der Waals surface area contributed by atoms with Gasteiger partial charge in [-0.25, -0.2) is 0 Å². The molecule has 2 N–H and O–H groups in total. The molecule has 0 radical (unpaired) electrons. The zero-order valence-corrected chi connectivity index (χ0v) is 6.33. The number of rotatable bonds is 1. The maximum Gasteiger partial charge on any atom is 0.320 e. The second-order valence-electron chi connectivity index (χ2n) is 2.92. The monoisotopic (exact) mass is 157 g/mol. The molecule has 0 spiro atoms. The molecule has 2 atom stereocenters. The Labute approximate surface area is 64.6 Å². The van der Waals surface area contributed by atoms with Crippen LogP contribution in [0.15, 0.2) is 0 Å². The van der Waals surface area contributed by atoms with Crippen LogP contribution < -0.4 is 5.32 Å². The number of ketones is 1. The summed E-state index contributed by atoms with van der Waals surface area (Å²) < 4.78 is 0. The van der Waals surface area contributed by atoms with E-state index in [0.717, 1.165) is 0 Å². The lowest BCUT2D eigenvalue weighted by Crippen LogP contribution is -2.49. The Morgan fingerprint density at radius 2 is 2.36 bits per heavy atom. The number of aliphatic carboxylic acids is 1. The normalized spacial score (nSPS) is 31.9. The minimum absolute atomic E-state index is 0.0891. The summed E-state index contributed by atoms with van der Waals surface area (Å²) in [7, 11) is 0. The molecule has 0 aromatic rings. The number of carbonyl (C=O) groups excluding carboxylic acids is 1. The molecule has 1 rings (SSSR count). The van der Waals surface area contributed by atoms with Gasteiger partial charge in [0.25, 0.3) is 0 Å². The van der Waals surface area contributed by atoms with Gasteiger partial charge in [0.2, 0.25) is 0 Å². The van der Waals surface area contributed by atoms with Crippen LogP contribution in [0.3, 0.4) is 0 Å². The highest BCUT2D eigenvalue weighted by atomic mass is 16.4. The third-order valence-corrected chi connectivity index (χ3v) is 1.90. The second kappa shape index (κ2) is 3.00. The molecular weight excluding hydrogens is 146 g/mol. The van der Waals surface area contributed by atoms with Gasteiger partial charge in [0, 0.05) is 6.42 Å². The quantitative estimate of drug-likeness (QED) is 0.545. The number of carbonyl (C=O) groups is 2. The van der Waals surface area contributed by atoms with Crippen LogP contribution in [-0.4, -0.2) is 29.4 Å². The average Bonchev–Trinajstić information content (AvgIpc) is 1.85. The van der Waals surface area contributed by atoms with Crippen LogP contribution in [0.25, 0.3) is 0 Å². The van der Waals surface area contributed by atoms with Gasteiger partial charge in [-0.1, -0.05) is 6.92 Å². The predicted octanol–water partition coefficient (Wildman–Crippen LogP) is -0.362. The minimum atomic E-state index is -0.870. The van der Waals surface area contributed by atoms with Crippen LogP contribution in [0.2, 0.25) is 0 Å². The Balaban J connectivity index is 2.57. The summed E-state index contributed by atoms with van der Waals surface area (Å²) in [5, 5.41) is 11.3. The van der Waals surface area contributed by atoms with Gasteiger partial charge in [0.05, 0.1) is 6.54 Å². The van der Waals surface area contributed by atoms with Crippen molar-refractivity contribution in [2.45, 2.75) is 19.4 Å². The molecule has 0 saturated carbocycles. The maximum absolute atomic E-state index is 10.8. The Bertz CT molecular complexity index is 190. The van der Waals surface area contributed by atoms with Crippen molar-refractivity contribution in [1.82, 2.24) is 5.32 Å². The van der Waals surface area contributed by atoms with Gasteiger partial charge < -0.3 is 5.11 Å². The fourth-order valence-electron chi connectivity index (χ4n) is 1.30. The van der Waals surface area contributed by atoms with E-state index in [4.69, 9.17) is 5.11 Å². The summed E-state index contributed by atoms with van der Waals surface area (Å²) >= 11 is 0. The van der Waals surface area contributed by atoms with E-state index in [9.17, 15) is 9.59 Å². The number of hydrogen-bond donors (Lipinski definition) is 2. The molecule has 4 heteroatoms. The van der Waals surface area contributed by atoms with E-state index in [-0.39, 0.29) is 18.2 Å². The molecule has 1 saturated heterocycles. The molecule has 0 aromatic carbocycles. The standard InChI is InChI=1S/C7H11NO3/c1-4-2-5(9)3-8-6(4)7(10)11/h4,6,8H,2-3H2,1H3,(H,10,11)/t4-,6-/m0/s1. The number of hydrogen-bond acceptors (Lipinski definition) is 3. The number of Topliss-reactive ketones (excluding diaryl/α,β-unsaturated/α-hetero) is 1. The molecule has 0 aromatic heterocycles. The van der Waals surface area contributed by atoms with E-state index < -0.39 is 12.0 Å². The molecule has 1 fully saturated rings. The van der Waals surface area contributed by atoms with Gasteiger partial charge in [0.15, 0.2) is 0 Å². The first kappa shape index (κ1) is 8.20. The first-order chi connectivity index (χ1) is 5.11. The second-order valence-corrected chi connectivity index (χ2v) is 2.92. The molecule has 0 unspecified atom stereocenters. The lowest BCUT2D eigenvalue weighted by molar-refractivity contribution is -0.142. The zero-order chi connectivity index (χ0) is 8.43. The highest BCUT2D eigenvalue weighted by Crippen LogP contribution is 2.12. The highest BCUT2D eigenvalue weighted by molar-refractivity contribution is 5.85. The van der Waals surface area contributed by atoms with Crippen molar-refractivity contribution in [3.8, 4) is 0 Å². The van der Waals surface area contributed by atoms with Crippen molar-refractivity contribution >= 4 is 11.8 Å². The first-order valence-electron chi connectivity index (χ1n) is 3.59. The third-order valence-electron chi connectivity index (χ3n) is 1.90.